The third-order valence-corrected chi connectivity index (χ3v) is 3.32. The Bertz CT molecular complexity index is 593. The predicted octanol–water partition coefficient (Wildman–Crippen LogP) is 1.41. The van der Waals surface area contributed by atoms with E-state index in [9.17, 15) is 0 Å². The molecule has 0 aromatic carbocycles. The Hall–Kier alpha value is -2.08. The average Bonchev–Trinajstić information content (AvgIpc) is 2.46. The number of hydrogen-bond donors (Lipinski definition) is 2. The molecular weight excluding hydrogens is 240 g/mol. The van der Waals surface area contributed by atoms with Crippen molar-refractivity contribution in [2.45, 2.75) is 32.6 Å². The van der Waals surface area contributed by atoms with E-state index >= 15 is 0 Å². The first-order chi connectivity index (χ1) is 9.28. The van der Waals surface area contributed by atoms with Gasteiger partial charge in [-0.3, -0.25) is 0 Å². The quantitative estimate of drug-likeness (QED) is 0.623. The van der Waals surface area contributed by atoms with Crippen molar-refractivity contribution in [3.63, 3.8) is 0 Å². The molecule has 19 heavy (non-hydrogen) atoms. The lowest BCUT2D eigenvalue weighted by Crippen LogP contribution is -2.17. The zero-order valence-electron chi connectivity index (χ0n) is 10.8. The molecule has 0 fully saturated rings. The van der Waals surface area contributed by atoms with Gasteiger partial charge in [0.1, 0.15) is 17.3 Å². The molecule has 3 rings (SSSR count). The second-order valence-electron chi connectivity index (χ2n) is 4.66. The van der Waals surface area contributed by atoms with Crippen LogP contribution in [0.4, 0.5) is 5.82 Å². The Kier molecular flexibility index (Phi) is 3.08. The topological polar surface area (TPSA) is 89.6 Å². The molecule has 98 valence electrons. The van der Waals surface area contributed by atoms with Gasteiger partial charge in [0.15, 0.2) is 5.82 Å². The molecule has 2 aromatic heterocycles. The Balaban J connectivity index is 2.12. The Morgan fingerprint density at radius 3 is 2.79 bits per heavy atom. The summed E-state index contributed by atoms with van der Waals surface area (Å²) in [6, 6.07) is 1.82. The number of hydrogen-bond acceptors (Lipinski definition) is 6. The molecule has 1 aliphatic rings. The van der Waals surface area contributed by atoms with Gasteiger partial charge in [0.2, 0.25) is 0 Å². The SMILES string of the molecule is Cc1nccc(-c2nc3c(c(NN)n2)CCCC3)n1. The predicted molar refractivity (Wildman–Crippen MR) is 72.2 cm³/mol. The lowest BCUT2D eigenvalue weighted by Gasteiger charge is -2.18. The summed E-state index contributed by atoms with van der Waals surface area (Å²) in [5.41, 5.74) is 5.64. The molecule has 0 amide bonds. The molecular formula is C13H16N6. The van der Waals surface area contributed by atoms with Crippen molar-refractivity contribution in [1.82, 2.24) is 19.9 Å². The minimum Gasteiger partial charge on any atom is -0.308 e. The first-order valence-electron chi connectivity index (χ1n) is 6.44. The zero-order valence-corrected chi connectivity index (χ0v) is 10.8. The molecule has 2 aromatic rings. The molecule has 6 nitrogen and oxygen atoms in total. The van der Waals surface area contributed by atoms with E-state index < -0.39 is 0 Å². The van der Waals surface area contributed by atoms with Crippen molar-refractivity contribution >= 4 is 5.82 Å². The van der Waals surface area contributed by atoms with Gasteiger partial charge in [-0.1, -0.05) is 0 Å². The van der Waals surface area contributed by atoms with E-state index in [0.717, 1.165) is 48.5 Å². The van der Waals surface area contributed by atoms with Gasteiger partial charge >= 0.3 is 0 Å². The molecule has 2 heterocycles. The van der Waals surface area contributed by atoms with E-state index in [1.165, 1.54) is 0 Å². The maximum Gasteiger partial charge on any atom is 0.180 e. The smallest absolute Gasteiger partial charge is 0.180 e. The van der Waals surface area contributed by atoms with Crippen molar-refractivity contribution in [1.29, 1.82) is 0 Å². The first-order valence-corrected chi connectivity index (χ1v) is 6.44. The van der Waals surface area contributed by atoms with Crippen molar-refractivity contribution in [3.8, 4) is 11.5 Å². The number of nitrogen functional groups attached to an aromatic ring is 1. The number of aryl methyl sites for hydroxylation is 2. The zero-order chi connectivity index (χ0) is 13.2. The standard InChI is InChI=1S/C13H16N6/c1-8-15-7-6-11(16-8)13-17-10-5-3-2-4-9(10)12(18-13)19-14/h6-7H,2-5,14H2,1H3,(H,17,18,19). The molecule has 0 aliphatic heterocycles. The third kappa shape index (κ3) is 2.26. The number of nitrogens with one attached hydrogen (secondary N) is 1. The molecule has 0 saturated heterocycles. The lowest BCUT2D eigenvalue weighted by atomic mass is 9.96. The third-order valence-electron chi connectivity index (χ3n) is 3.32. The summed E-state index contributed by atoms with van der Waals surface area (Å²) in [6.07, 6.45) is 6.00. The molecule has 0 bridgehead atoms. The van der Waals surface area contributed by atoms with Gasteiger partial charge in [-0.25, -0.2) is 25.8 Å². The van der Waals surface area contributed by atoms with Crippen LogP contribution in [0.2, 0.25) is 0 Å². The Morgan fingerprint density at radius 2 is 2.00 bits per heavy atom. The van der Waals surface area contributed by atoms with Crippen LogP contribution in [-0.4, -0.2) is 19.9 Å². The first kappa shape index (κ1) is 12.0. The second kappa shape index (κ2) is 4.89. The summed E-state index contributed by atoms with van der Waals surface area (Å²) in [5, 5.41) is 0. The molecule has 6 heteroatoms. The number of hydrazine groups is 1. The van der Waals surface area contributed by atoms with E-state index in [1.54, 1.807) is 6.20 Å². The molecule has 1 aliphatic carbocycles. The second-order valence-corrected chi connectivity index (χ2v) is 4.66. The van der Waals surface area contributed by atoms with Crippen LogP contribution in [0.25, 0.3) is 11.5 Å². The number of nitrogens with two attached hydrogens (primary N) is 1. The molecule has 0 spiro atoms. The summed E-state index contributed by atoms with van der Waals surface area (Å²) in [4.78, 5) is 17.6. The van der Waals surface area contributed by atoms with Crippen LogP contribution in [0.1, 0.15) is 29.9 Å². The Morgan fingerprint density at radius 1 is 1.16 bits per heavy atom. The monoisotopic (exact) mass is 256 g/mol. The van der Waals surface area contributed by atoms with E-state index in [0.29, 0.717) is 11.6 Å². The highest BCUT2D eigenvalue weighted by molar-refractivity contribution is 5.56. The van der Waals surface area contributed by atoms with Gasteiger partial charge in [0, 0.05) is 17.5 Å². The average molecular weight is 256 g/mol. The molecule has 0 atom stereocenters. The van der Waals surface area contributed by atoms with E-state index in [-0.39, 0.29) is 0 Å². The van der Waals surface area contributed by atoms with Gasteiger partial charge in [0.25, 0.3) is 0 Å². The van der Waals surface area contributed by atoms with Crippen LogP contribution < -0.4 is 11.3 Å². The molecule has 0 unspecified atom stereocenters. The van der Waals surface area contributed by atoms with E-state index in [2.05, 4.69) is 25.4 Å². The Labute approximate surface area is 111 Å². The number of fused-ring (bicyclic) bond motifs is 1. The maximum absolute atomic E-state index is 5.58. The summed E-state index contributed by atoms with van der Waals surface area (Å²) < 4.78 is 0. The van der Waals surface area contributed by atoms with E-state index in [1.807, 2.05) is 13.0 Å². The number of aromatic nitrogens is 4. The van der Waals surface area contributed by atoms with E-state index in [4.69, 9.17) is 5.84 Å². The van der Waals surface area contributed by atoms with Crippen LogP contribution in [0.15, 0.2) is 12.3 Å². The van der Waals surface area contributed by atoms with Crippen LogP contribution in [0.3, 0.4) is 0 Å². The minimum absolute atomic E-state index is 0.610. The van der Waals surface area contributed by atoms with Crippen molar-refractivity contribution in [2.24, 2.45) is 5.84 Å². The molecule has 3 N–H and O–H groups in total. The fourth-order valence-electron chi connectivity index (χ4n) is 2.41. The summed E-state index contributed by atoms with van der Waals surface area (Å²) in [5.74, 6) is 7.62. The fourth-order valence-corrected chi connectivity index (χ4v) is 2.41. The fraction of sp³-hybridized carbons (Fsp3) is 0.385. The van der Waals surface area contributed by atoms with Crippen LogP contribution in [-0.2, 0) is 12.8 Å². The molecule has 0 radical (unpaired) electrons. The highest BCUT2D eigenvalue weighted by atomic mass is 15.3. The van der Waals surface area contributed by atoms with Gasteiger partial charge < -0.3 is 5.43 Å². The summed E-state index contributed by atoms with van der Waals surface area (Å²) in [6.45, 7) is 1.85. The van der Waals surface area contributed by atoms with Crippen LogP contribution in [0, 0.1) is 6.92 Å². The highest BCUT2D eigenvalue weighted by Crippen LogP contribution is 2.27. The van der Waals surface area contributed by atoms with Gasteiger partial charge in [0.05, 0.1) is 0 Å². The van der Waals surface area contributed by atoms with Crippen LogP contribution >= 0.6 is 0 Å². The summed E-state index contributed by atoms with van der Waals surface area (Å²) in [7, 11) is 0. The maximum atomic E-state index is 5.58. The number of rotatable bonds is 2. The van der Waals surface area contributed by atoms with Crippen LogP contribution in [0.5, 0.6) is 0 Å². The van der Waals surface area contributed by atoms with Gasteiger partial charge in [-0.2, -0.15) is 0 Å². The summed E-state index contributed by atoms with van der Waals surface area (Å²) >= 11 is 0. The normalized spacial score (nSPS) is 14.0. The lowest BCUT2D eigenvalue weighted by molar-refractivity contribution is 0.664. The van der Waals surface area contributed by atoms with Gasteiger partial charge in [-0.05, 0) is 38.7 Å². The minimum atomic E-state index is 0.610. The van der Waals surface area contributed by atoms with Crippen molar-refractivity contribution in [2.75, 3.05) is 5.43 Å². The van der Waals surface area contributed by atoms with Crippen molar-refractivity contribution in [3.05, 3.63) is 29.3 Å². The highest BCUT2D eigenvalue weighted by Gasteiger charge is 2.18. The number of nitrogens with zero attached hydrogens (tertiary/aromatic N) is 4. The number of anilines is 1. The van der Waals surface area contributed by atoms with Gasteiger partial charge in [-0.15, -0.1) is 0 Å². The van der Waals surface area contributed by atoms with Crippen molar-refractivity contribution < 1.29 is 0 Å². The molecule has 0 saturated carbocycles. The largest absolute Gasteiger partial charge is 0.308 e.